The third-order valence-electron chi connectivity index (χ3n) is 1.49. The lowest BCUT2D eigenvalue weighted by molar-refractivity contribution is 0.623. The molecular weight excluding hydrogens is 104 g/mol. The summed E-state index contributed by atoms with van der Waals surface area (Å²) < 4.78 is 0. The highest BCUT2D eigenvalue weighted by Gasteiger charge is 2.13. The Morgan fingerprint density at radius 2 is 2.43 bits per heavy atom. The Kier molecular flexibility index (Phi) is 1.43. The van der Waals surface area contributed by atoms with E-state index in [1.807, 2.05) is 0 Å². The highest BCUT2D eigenvalue weighted by atomic mass is 32.1. The molecule has 1 aliphatic rings. The van der Waals surface area contributed by atoms with E-state index in [1.54, 1.807) is 0 Å². The fourth-order valence-electron chi connectivity index (χ4n) is 1.00. The molecule has 0 aromatic heterocycles. The first-order valence-corrected chi connectivity index (χ1v) is 3.21. The lowest BCUT2D eigenvalue weighted by Crippen LogP contribution is -1.84. The Hall–Kier alpha value is 0.0900. The van der Waals surface area contributed by atoms with Gasteiger partial charge in [-0.05, 0) is 30.0 Å². The molecule has 0 radical (unpaired) electrons. The van der Waals surface area contributed by atoms with E-state index < -0.39 is 0 Å². The van der Waals surface area contributed by atoms with Gasteiger partial charge in [-0.3, -0.25) is 0 Å². The number of hydrogen-bond donors (Lipinski definition) is 0. The molecule has 0 aliphatic heterocycles. The van der Waals surface area contributed by atoms with Gasteiger partial charge < -0.3 is 0 Å². The Labute approximate surface area is 49.9 Å². The molecule has 0 N–H and O–H groups in total. The third-order valence-corrected chi connectivity index (χ3v) is 1.86. The molecule has 7 heavy (non-hydrogen) atoms. The maximum atomic E-state index is 5.00. The van der Waals surface area contributed by atoms with Crippen LogP contribution in [0.1, 0.15) is 26.2 Å². The van der Waals surface area contributed by atoms with E-state index in [4.69, 9.17) is 12.2 Å². The molecule has 0 aromatic rings. The van der Waals surface area contributed by atoms with Crippen LogP contribution in [-0.4, -0.2) is 4.86 Å². The second kappa shape index (κ2) is 1.91. The van der Waals surface area contributed by atoms with E-state index in [0.29, 0.717) is 0 Å². The molecule has 1 saturated carbocycles. The highest BCUT2D eigenvalue weighted by molar-refractivity contribution is 7.80. The van der Waals surface area contributed by atoms with E-state index >= 15 is 0 Å². The summed E-state index contributed by atoms with van der Waals surface area (Å²) in [6, 6.07) is 0. The first-order chi connectivity index (χ1) is 3.29. The van der Waals surface area contributed by atoms with Crippen LogP contribution in [0.5, 0.6) is 0 Å². The summed E-state index contributed by atoms with van der Waals surface area (Å²) >= 11 is 5.00. The van der Waals surface area contributed by atoms with Gasteiger partial charge in [0.25, 0.3) is 0 Å². The van der Waals surface area contributed by atoms with Crippen LogP contribution in [0.25, 0.3) is 0 Å². The van der Waals surface area contributed by atoms with E-state index in [0.717, 1.165) is 5.92 Å². The predicted molar refractivity (Wildman–Crippen MR) is 35.6 cm³/mol. The number of thiocarbonyl (C=S) groups is 1. The Bertz CT molecular complexity index is 86.2. The topological polar surface area (TPSA) is 0 Å². The molecule has 0 heterocycles. The Balaban J connectivity index is 2.40. The summed E-state index contributed by atoms with van der Waals surface area (Å²) in [5.74, 6) is 0.882. The first kappa shape index (κ1) is 5.23. The van der Waals surface area contributed by atoms with Crippen LogP contribution in [-0.2, 0) is 0 Å². The van der Waals surface area contributed by atoms with Gasteiger partial charge in [0.15, 0.2) is 0 Å². The van der Waals surface area contributed by atoms with Crippen molar-refractivity contribution in [2.45, 2.75) is 26.2 Å². The fourth-order valence-corrected chi connectivity index (χ4v) is 1.40. The van der Waals surface area contributed by atoms with Crippen molar-refractivity contribution < 1.29 is 0 Å². The van der Waals surface area contributed by atoms with Crippen molar-refractivity contribution in [3.05, 3.63) is 0 Å². The second-order valence-corrected chi connectivity index (χ2v) is 2.96. The summed E-state index contributed by atoms with van der Waals surface area (Å²) in [5, 5.41) is 0. The first-order valence-electron chi connectivity index (χ1n) is 2.81. The summed E-state index contributed by atoms with van der Waals surface area (Å²) in [6.45, 7) is 2.26. The van der Waals surface area contributed by atoms with Gasteiger partial charge >= 0.3 is 0 Å². The molecule has 40 valence electrons. The summed E-state index contributed by atoms with van der Waals surface area (Å²) in [4.78, 5) is 1.28. The molecule has 1 heteroatoms. The maximum absolute atomic E-state index is 5.00. The molecule has 1 aliphatic carbocycles. The van der Waals surface area contributed by atoms with E-state index in [-0.39, 0.29) is 0 Å². The molecule has 0 amide bonds. The molecule has 0 aromatic carbocycles. The molecule has 1 atom stereocenters. The molecular formula is C6H10S. The van der Waals surface area contributed by atoms with Crippen molar-refractivity contribution in [3.8, 4) is 0 Å². The van der Waals surface area contributed by atoms with Gasteiger partial charge in [0.1, 0.15) is 0 Å². The normalized spacial score (nSPS) is 31.6. The van der Waals surface area contributed by atoms with Crippen molar-refractivity contribution in [1.82, 2.24) is 0 Å². The van der Waals surface area contributed by atoms with Gasteiger partial charge in [-0.25, -0.2) is 0 Å². The van der Waals surface area contributed by atoms with Crippen LogP contribution in [0.2, 0.25) is 0 Å². The van der Waals surface area contributed by atoms with Crippen LogP contribution < -0.4 is 0 Å². The minimum Gasteiger partial charge on any atom is -0.0897 e. The number of hydrogen-bond acceptors (Lipinski definition) is 1. The van der Waals surface area contributed by atoms with Gasteiger partial charge in [-0.2, -0.15) is 0 Å². The summed E-state index contributed by atoms with van der Waals surface area (Å²) in [5.41, 5.74) is 0. The average Bonchev–Trinajstić information content (AvgIpc) is 1.87. The smallest absolute Gasteiger partial charge is 0.00687 e. The summed E-state index contributed by atoms with van der Waals surface area (Å²) in [6.07, 6.45) is 3.74. The quantitative estimate of drug-likeness (QED) is 0.435. The van der Waals surface area contributed by atoms with E-state index in [1.165, 1.54) is 24.1 Å². The third kappa shape index (κ3) is 1.23. The molecule has 0 bridgehead atoms. The standard InChI is InChI=1S/C6H10S/c1-5-2-3-6(7)4-5/h5H,2-4H2,1H3. The van der Waals surface area contributed by atoms with Gasteiger partial charge in [-0.15, -0.1) is 0 Å². The Morgan fingerprint density at radius 1 is 1.71 bits per heavy atom. The monoisotopic (exact) mass is 114 g/mol. The van der Waals surface area contributed by atoms with Crippen LogP contribution in [0.3, 0.4) is 0 Å². The molecule has 0 saturated heterocycles. The van der Waals surface area contributed by atoms with Crippen molar-refractivity contribution in [2.75, 3.05) is 0 Å². The highest BCUT2D eigenvalue weighted by Crippen LogP contribution is 2.21. The zero-order valence-corrected chi connectivity index (χ0v) is 5.42. The van der Waals surface area contributed by atoms with E-state index in [9.17, 15) is 0 Å². The molecule has 1 rings (SSSR count). The largest absolute Gasteiger partial charge is 0.0897 e. The van der Waals surface area contributed by atoms with Gasteiger partial charge in [0.05, 0.1) is 0 Å². The van der Waals surface area contributed by atoms with Crippen LogP contribution in [0.15, 0.2) is 0 Å². The zero-order valence-electron chi connectivity index (χ0n) is 4.61. The lowest BCUT2D eigenvalue weighted by Gasteiger charge is -1.91. The van der Waals surface area contributed by atoms with Crippen LogP contribution >= 0.6 is 12.2 Å². The lowest BCUT2D eigenvalue weighted by atomic mass is 10.2. The van der Waals surface area contributed by atoms with Crippen molar-refractivity contribution in [2.24, 2.45) is 5.92 Å². The zero-order chi connectivity index (χ0) is 5.28. The minimum absolute atomic E-state index is 0.882. The Morgan fingerprint density at radius 3 is 2.57 bits per heavy atom. The summed E-state index contributed by atoms with van der Waals surface area (Å²) in [7, 11) is 0. The van der Waals surface area contributed by atoms with Gasteiger partial charge in [0.2, 0.25) is 0 Å². The maximum Gasteiger partial charge on any atom is -0.00687 e. The van der Waals surface area contributed by atoms with Crippen molar-refractivity contribution in [3.63, 3.8) is 0 Å². The van der Waals surface area contributed by atoms with Gasteiger partial charge in [-0.1, -0.05) is 19.1 Å². The molecule has 1 unspecified atom stereocenters. The van der Waals surface area contributed by atoms with Gasteiger partial charge in [0, 0.05) is 0 Å². The average molecular weight is 114 g/mol. The molecule has 0 spiro atoms. The predicted octanol–water partition coefficient (Wildman–Crippen LogP) is 2.18. The second-order valence-electron chi connectivity index (χ2n) is 2.39. The van der Waals surface area contributed by atoms with Crippen molar-refractivity contribution in [1.29, 1.82) is 0 Å². The fraction of sp³-hybridized carbons (Fsp3) is 0.833. The van der Waals surface area contributed by atoms with E-state index in [2.05, 4.69) is 6.92 Å². The van der Waals surface area contributed by atoms with Crippen molar-refractivity contribution >= 4 is 17.1 Å². The molecule has 0 nitrogen and oxygen atoms in total. The minimum atomic E-state index is 0.882. The molecule has 1 fully saturated rings. The number of rotatable bonds is 0. The van der Waals surface area contributed by atoms with Crippen LogP contribution in [0.4, 0.5) is 0 Å². The SMILES string of the molecule is CC1CCC(=S)C1. The van der Waals surface area contributed by atoms with Crippen LogP contribution in [0, 0.1) is 5.92 Å².